The molecular formula is C18H18N2O4. The highest BCUT2D eigenvalue weighted by atomic mass is 16.6. The molecule has 0 spiro atoms. The Kier molecular flexibility index (Phi) is 4.46. The number of hydrogen-bond donors (Lipinski definition) is 0. The Labute approximate surface area is 139 Å². The third kappa shape index (κ3) is 3.22. The van der Waals surface area contributed by atoms with Crippen molar-refractivity contribution in [2.75, 3.05) is 18.1 Å². The van der Waals surface area contributed by atoms with Gasteiger partial charge in [-0.3, -0.25) is 14.9 Å². The molecule has 0 atom stereocenters. The van der Waals surface area contributed by atoms with Crippen LogP contribution >= 0.6 is 0 Å². The quantitative estimate of drug-likeness (QED) is 0.638. The predicted molar refractivity (Wildman–Crippen MR) is 90.4 cm³/mol. The van der Waals surface area contributed by atoms with Gasteiger partial charge in [0.05, 0.1) is 11.0 Å². The number of amides is 1. The van der Waals surface area contributed by atoms with Gasteiger partial charge in [-0.05, 0) is 37.0 Å². The summed E-state index contributed by atoms with van der Waals surface area (Å²) in [5.41, 5.74) is 3.15. The lowest BCUT2D eigenvalue weighted by Crippen LogP contribution is -2.39. The number of anilines is 1. The van der Waals surface area contributed by atoms with Crippen LogP contribution in [0.4, 0.5) is 11.4 Å². The zero-order chi connectivity index (χ0) is 17.1. The summed E-state index contributed by atoms with van der Waals surface area (Å²) in [5.74, 6) is 0.177. The predicted octanol–water partition coefficient (Wildman–Crippen LogP) is 3.26. The van der Waals surface area contributed by atoms with E-state index in [1.807, 2.05) is 25.1 Å². The van der Waals surface area contributed by atoms with Gasteiger partial charge in [-0.15, -0.1) is 0 Å². The van der Waals surface area contributed by atoms with Crippen molar-refractivity contribution >= 4 is 17.3 Å². The molecule has 2 aromatic carbocycles. The number of carbonyl (C=O) groups excluding carboxylic acids is 1. The molecule has 0 unspecified atom stereocenters. The second kappa shape index (κ2) is 6.70. The largest absolute Gasteiger partial charge is 0.483 e. The second-order valence-corrected chi connectivity index (χ2v) is 5.77. The Hall–Kier alpha value is -2.89. The Morgan fingerprint density at radius 3 is 2.88 bits per heavy atom. The van der Waals surface area contributed by atoms with E-state index < -0.39 is 4.92 Å². The fourth-order valence-electron chi connectivity index (χ4n) is 3.01. The average Bonchev–Trinajstić information content (AvgIpc) is 2.59. The molecule has 0 N–H and O–H groups in total. The molecule has 1 heterocycles. The first-order chi connectivity index (χ1) is 11.6. The lowest BCUT2D eigenvalue weighted by molar-refractivity contribution is -0.384. The van der Waals surface area contributed by atoms with Crippen LogP contribution < -0.4 is 9.64 Å². The van der Waals surface area contributed by atoms with Gasteiger partial charge in [0.25, 0.3) is 11.6 Å². The Morgan fingerprint density at radius 2 is 2.08 bits per heavy atom. The van der Waals surface area contributed by atoms with Crippen LogP contribution in [0.1, 0.15) is 17.5 Å². The average molecular weight is 326 g/mol. The van der Waals surface area contributed by atoms with E-state index in [4.69, 9.17) is 4.74 Å². The maximum absolute atomic E-state index is 12.6. The third-order valence-corrected chi connectivity index (χ3v) is 4.11. The molecule has 1 aliphatic heterocycles. The highest BCUT2D eigenvalue weighted by Gasteiger charge is 2.24. The van der Waals surface area contributed by atoms with Crippen molar-refractivity contribution in [2.24, 2.45) is 0 Å². The molecule has 6 heteroatoms. The number of fused-ring (bicyclic) bond motifs is 1. The Balaban J connectivity index is 1.73. The number of para-hydroxylation sites is 1. The van der Waals surface area contributed by atoms with E-state index in [-0.39, 0.29) is 18.2 Å². The van der Waals surface area contributed by atoms with Gasteiger partial charge in [0.1, 0.15) is 5.75 Å². The van der Waals surface area contributed by atoms with Gasteiger partial charge in [-0.1, -0.05) is 24.3 Å². The van der Waals surface area contributed by atoms with E-state index in [0.29, 0.717) is 12.3 Å². The van der Waals surface area contributed by atoms with Gasteiger partial charge in [-0.25, -0.2) is 0 Å². The number of aryl methyl sites for hydroxylation is 2. The second-order valence-electron chi connectivity index (χ2n) is 5.77. The summed E-state index contributed by atoms with van der Waals surface area (Å²) in [6, 6.07) is 11.9. The van der Waals surface area contributed by atoms with Gasteiger partial charge in [0.15, 0.2) is 6.61 Å². The minimum Gasteiger partial charge on any atom is -0.483 e. The van der Waals surface area contributed by atoms with Crippen LogP contribution in [0, 0.1) is 17.0 Å². The smallest absolute Gasteiger partial charge is 0.273 e. The normalized spacial score (nSPS) is 13.3. The first-order valence-electron chi connectivity index (χ1n) is 7.82. The van der Waals surface area contributed by atoms with Crippen LogP contribution in [0.5, 0.6) is 5.75 Å². The van der Waals surface area contributed by atoms with Gasteiger partial charge in [0.2, 0.25) is 0 Å². The van der Waals surface area contributed by atoms with Crippen molar-refractivity contribution in [3.8, 4) is 5.75 Å². The Morgan fingerprint density at radius 1 is 1.29 bits per heavy atom. The monoisotopic (exact) mass is 326 g/mol. The molecule has 0 bridgehead atoms. The standard InChI is InChI=1S/C18H18N2O4/c1-13-5-2-6-14-7-4-10-19(18(13)14)17(21)12-24-16-9-3-8-15(11-16)20(22)23/h2-3,5-6,8-9,11H,4,7,10,12H2,1H3. The maximum Gasteiger partial charge on any atom is 0.273 e. The molecule has 0 fully saturated rings. The number of nitro groups is 1. The third-order valence-electron chi connectivity index (χ3n) is 4.11. The summed E-state index contributed by atoms with van der Waals surface area (Å²) >= 11 is 0. The van der Waals surface area contributed by atoms with Crippen molar-refractivity contribution < 1.29 is 14.5 Å². The number of rotatable bonds is 4. The molecule has 1 aliphatic rings. The van der Waals surface area contributed by atoms with Crippen molar-refractivity contribution in [1.29, 1.82) is 0 Å². The molecular weight excluding hydrogens is 308 g/mol. The molecule has 124 valence electrons. The summed E-state index contributed by atoms with van der Waals surface area (Å²) in [6.07, 6.45) is 1.88. The van der Waals surface area contributed by atoms with E-state index in [9.17, 15) is 14.9 Å². The highest BCUT2D eigenvalue weighted by Crippen LogP contribution is 2.30. The molecule has 24 heavy (non-hydrogen) atoms. The summed E-state index contributed by atoms with van der Waals surface area (Å²) in [6.45, 7) is 2.51. The highest BCUT2D eigenvalue weighted by molar-refractivity contribution is 5.96. The number of benzene rings is 2. The topological polar surface area (TPSA) is 72.7 Å². The molecule has 0 saturated carbocycles. The first kappa shape index (κ1) is 16.0. The number of ether oxygens (including phenoxy) is 1. The fourth-order valence-corrected chi connectivity index (χ4v) is 3.01. The number of nitrogens with zero attached hydrogens (tertiary/aromatic N) is 2. The SMILES string of the molecule is Cc1cccc2c1N(C(=O)COc1cccc([N+](=O)[O-])c1)CCC2. The molecule has 0 aromatic heterocycles. The van der Waals surface area contributed by atoms with Crippen molar-refractivity contribution in [1.82, 2.24) is 0 Å². The zero-order valence-corrected chi connectivity index (χ0v) is 13.4. The zero-order valence-electron chi connectivity index (χ0n) is 13.4. The molecule has 0 radical (unpaired) electrons. The lowest BCUT2D eigenvalue weighted by atomic mass is 9.98. The van der Waals surface area contributed by atoms with Gasteiger partial charge < -0.3 is 9.64 Å². The summed E-state index contributed by atoms with van der Waals surface area (Å²) in [4.78, 5) is 24.6. The lowest BCUT2D eigenvalue weighted by Gasteiger charge is -2.31. The van der Waals surface area contributed by atoms with E-state index in [2.05, 4.69) is 0 Å². The van der Waals surface area contributed by atoms with Gasteiger partial charge in [-0.2, -0.15) is 0 Å². The Bertz CT molecular complexity index is 788. The summed E-state index contributed by atoms with van der Waals surface area (Å²) in [5, 5.41) is 10.8. The van der Waals surface area contributed by atoms with Crippen LogP contribution in [0.15, 0.2) is 42.5 Å². The number of hydrogen-bond acceptors (Lipinski definition) is 4. The molecule has 1 amide bonds. The number of non-ortho nitro benzene ring substituents is 1. The first-order valence-corrected chi connectivity index (χ1v) is 7.82. The van der Waals surface area contributed by atoms with Crippen LogP contribution in [-0.4, -0.2) is 24.0 Å². The fraction of sp³-hybridized carbons (Fsp3) is 0.278. The maximum atomic E-state index is 12.6. The van der Waals surface area contributed by atoms with Crippen molar-refractivity contribution in [3.63, 3.8) is 0 Å². The molecule has 3 rings (SSSR count). The van der Waals surface area contributed by atoms with Crippen LogP contribution in [0.2, 0.25) is 0 Å². The molecule has 0 aliphatic carbocycles. The summed E-state index contributed by atoms with van der Waals surface area (Å²) in [7, 11) is 0. The molecule has 2 aromatic rings. The van der Waals surface area contributed by atoms with E-state index in [1.54, 1.807) is 11.0 Å². The minimum atomic E-state index is -0.487. The van der Waals surface area contributed by atoms with E-state index in [1.165, 1.54) is 23.8 Å². The van der Waals surface area contributed by atoms with Crippen molar-refractivity contribution in [2.45, 2.75) is 19.8 Å². The number of carbonyl (C=O) groups is 1. The van der Waals surface area contributed by atoms with Crippen LogP contribution in [0.3, 0.4) is 0 Å². The summed E-state index contributed by atoms with van der Waals surface area (Å²) < 4.78 is 5.47. The van der Waals surface area contributed by atoms with E-state index in [0.717, 1.165) is 24.1 Å². The molecule has 6 nitrogen and oxygen atoms in total. The van der Waals surface area contributed by atoms with Crippen LogP contribution in [0.25, 0.3) is 0 Å². The number of nitro benzene ring substituents is 1. The molecule has 0 saturated heterocycles. The minimum absolute atomic E-state index is 0.0564. The van der Waals surface area contributed by atoms with Crippen LogP contribution in [-0.2, 0) is 11.2 Å². The van der Waals surface area contributed by atoms with Gasteiger partial charge in [0, 0.05) is 18.3 Å². The van der Waals surface area contributed by atoms with Crippen molar-refractivity contribution in [3.05, 3.63) is 63.7 Å². The van der Waals surface area contributed by atoms with Gasteiger partial charge >= 0.3 is 0 Å². The van der Waals surface area contributed by atoms with E-state index >= 15 is 0 Å².